The van der Waals surface area contributed by atoms with Gasteiger partial charge in [-0.25, -0.2) is 4.39 Å². The zero-order chi connectivity index (χ0) is 15.0. The third-order valence-corrected chi connectivity index (χ3v) is 3.70. The summed E-state index contributed by atoms with van der Waals surface area (Å²) in [5.41, 5.74) is 2.64. The van der Waals surface area contributed by atoms with Crippen molar-refractivity contribution in [3.63, 3.8) is 0 Å². The SMILES string of the molecule is CNc1cccc(N2CCc3ccc(F)cc32)c1[N+](=O)[O-]. The van der Waals surface area contributed by atoms with Crippen LogP contribution in [0.3, 0.4) is 0 Å². The molecule has 5 nitrogen and oxygen atoms in total. The Morgan fingerprint density at radius 3 is 2.81 bits per heavy atom. The Labute approximate surface area is 121 Å². The molecule has 0 spiro atoms. The second-order valence-electron chi connectivity index (χ2n) is 4.86. The Hall–Kier alpha value is -2.63. The number of nitro groups is 1. The lowest BCUT2D eigenvalue weighted by molar-refractivity contribution is -0.383. The fraction of sp³-hybridized carbons (Fsp3) is 0.200. The van der Waals surface area contributed by atoms with Crippen LogP contribution >= 0.6 is 0 Å². The molecule has 2 aromatic rings. The van der Waals surface area contributed by atoms with Crippen molar-refractivity contribution in [3.05, 3.63) is 57.9 Å². The van der Waals surface area contributed by atoms with E-state index in [2.05, 4.69) is 5.32 Å². The van der Waals surface area contributed by atoms with Gasteiger partial charge in [0.05, 0.1) is 4.92 Å². The number of hydrogen-bond acceptors (Lipinski definition) is 4. The maximum absolute atomic E-state index is 13.5. The monoisotopic (exact) mass is 287 g/mol. The Bertz CT molecular complexity index is 718. The predicted octanol–water partition coefficient (Wildman–Crippen LogP) is 3.47. The van der Waals surface area contributed by atoms with E-state index >= 15 is 0 Å². The van der Waals surface area contributed by atoms with Gasteiger partial charge < -0.3 is 10.2 Å². The van der Waals surface area contributed by atoms with Crippen molar-refractivity contribution in [2.24, 2.45) is 0 Å². The maximum atomic E-state index is 13.5. The fourth-order valence-corrected chi connectivity index (χ4v) is 2.75. The number of para-hydroxylation sites is 1. The van der Waals surface area contributed by atoms with Gasteiger partial charge in [0.2, 0.25) is 0 Å². The van der Waals surface area contributed by atoms with Crippen LogP contribution in [0.5, 0.6) is 0 Å². The zero-order valence-corrected chi connectivity index (χ0v) is 11.5. The minimum Gasteiger partial charge on any atom is -0.382 e. The average Bonchev–Trinajstić information content (AvgIpc) is 2.89. The number of nitrogens with one attached hydrogen (secondary N) is 1. The quantitative estimate of drug-likeness (QED) is 0.693. The third kappa shape index (κ3) is 2.18. The highest BCUT2D eigenvalue weighted by Gasteiger charge is 2.28. The van der Waals surface area contributed by atoms with E-state index in [4.69, 9.17) is 0 Å². The smallest absolute Gasteiger partial charge is 0.315 e. The first-order chi connectivity index (χ1) is 10.1. The Balaban J connectivity index is 2.16. The highest BCUT2D eigenvalue weighted by molar-refractivity contribution is 5.83. The third-order valence-electron chi connectivity index (χ3n) is 3.70. The summed E-state index contributed by atoms with van der Waals surface area (Å²) in [6.45, 7) is 0.604. The summed E-state index contributed by atoms with van der Waals surface area (Å²) in [5, 5.41) is 14.2. The van der Waals surface area contributed by atoms with Crippen LogP contribution in [0.2, 0.25) is 0 Å². The van der Waals surface area contributed by atoms with Crippen LogP contribution in [0.1, 0.15) is 5.56 Å². The summed E-state index contributed by atoms with van der Waals surface area (Å²) in [6, 6.07) is 9.69. The number of fused-ring (bicyclic) bond motifs is 1. The first kappa shape index (κ1) is 13.4. The number of hydrogen-bond donors (Lipinski definition) is 1. The largest absolute Gasteiger partial charge is 0.382 e. The molecule has 21 heavy (non-hydrogen) atoms. The van der Waals surface area contributed by atoms with Crippen molar-refractivity contribution in [1.29, 1.82) is 0 Å². The van der Waals surface area contributed by atoms with Crippen molar-refractivity contribution >= 4 is 22.7 Å². The molecule has 0 saturated heterocycles. The Morgan fingerprint density at radius 1 is 1.29 bits per heavy atom. The van der Waals surface area contributed by atoms with Crippen LogP contribution in [0, 0.1) is 15.9 Å². The van der Waals surface area contributed by atoms with Crippen molar-refractivity contribution in [2.45, 2.75) is 6.42 Å². The summed E-state index contributed by atoms with van der Waals surface area (Å²) in [5.74, 6) is -0.340. The van der Waals surface area contributed by atoms with Gasteiger partial charge in [-0.05, 0) is 36.2 Å². The van der Waals surface area contributed by atoms with Crippen LogP contribution in [0.15, 0.2) is 36.4 Å². The van der Waals surface area contributed by atoms with Crippen LogP contribution < -0.4 is 10.2 Å². The van der Waals surface area contributed by atoms with E-state index in [0.717, 1.165) is 12.0 Å². The van der Waals surface area contributed by atoms with E-state index in [1.54, 1.807) is 36.2 Å². The molecule has 0 saturated carbocycles. The van der Waals surface area contributed by atoms with E-state index in [1.807, 2.05) is 0 Å². The van der Waals surface area contributed by atoms with Gasteiger partial charge in [-0.2, -0.15) is 0 Å². The predicted molar refractivity (Wildman–Crippen MR) is 79.8 cm³/mol. The number of benzene rings is 2. The molecule has 0 bridgehead atoms. The van der Waals surface area contributed by atoms with Crippen LogP contribution in [-0.2, 0) is 6.42 Å². The lowest BCUT2D eigenvalue weighted by Gasteiger charge is -2.20. The summed E-state index contributed by atoms with van der Waals surface area (Å²) in [4.78, 5) is 12.8. The molecule has 108 valence electrons. The zero-order valence-electron chi connectivity index (χ0n) is 11.5. The molecule has 0 aliphatic carbocycles. The molecule has 2 aromatic carbocycles. The molecule has 0 fully saturated rings. The van der Waals surface area contributed by atoms with Gasteiger partial charge in [-0.1, -0.05) is 12.1 Å². The molecule has 0 unspecified atom stereocenters. The molecule has 0 aromatic heterocycles. The first-order valence-corrected chi connectivity index (χ1v) is 6.63. The number of nitro benzene ring substituents is 1. The van der Waals surface area contributed by atoms with Crippen LogP contribution in [-0.4, -0.2) is 18.5 Å². The van der Waals surface area contributed by atoms with E-state index in [-0.39, 0.29) is 11.5 Å². The number of halogens is 1. The molecule has 1 heterocycles. The topological polar surface area (TPSA) is 58.4 Å². The summed E-state index contributed by atoms with van der Waals surface area (Å²) >= 11 is 0. The van der Waals surface area contributed by atoms with Gasteiger partial charge in [0.15, 0.2) is 0 Å². The van der Waals surface area contributed by atoms with E-state index in [0.29, 0.717) is 23.6 Å². The van der Waals surface area contributed by atoms with Gasteiger partial charge in [-0.3, -0.25) is 10.1 Å². The van der Waals surface area contributed by atoms with Crippen LogP contribution in [0.25, 0.3) is 0 Å². The van der Waals surface area contributed by atoms with Crippen LogP contribution in [0.4, 0.5) is 27.1 Å². The molecule has 0 atom stereocenters. The molecular formula is C15H14FN3O2. The fourth-order valence-electron chi connectivity index (χ4n) is 2.75. The Kier molecular flexibility index (Phi) is 3.21. The average molecular weight is 287 g/mol. The number of rotatable bonds is 3. The highest BCUT2D eigenvalue weighted by atomic mass is 19.1. The lowest BCUT2D eigenvalue weighted by atomic mass is 10.1. The summed E-state index contributed by atoms with van der Waals surface area (Å²) < 4.78 is 13.5. The minimum absolute atomic E-state index is 0.0112. The molecule has 0 amide bonds. The lowest BCUT2D eigenvalue weighted by Crippen LogP contribution is -2.15. The van der Waals surface area contributed by atoms with Gasteiger partial charge in [0, 0.05) is 19.3 Å². The second kappa shape index (κ2) is 5.05. The Morgan fingerprint density at radius 2 is 2.10 bits per heavy atom. The van der Waals surface area contributed by atoms with E-state index in [9.17, 15) is 14.5 Å². The normalized spacial score (nSPS) is 13.1. The molecule has 1 N–H and O–H groups in total. The molecule has 3 rings (SSSR count). The van der Waals surface area contributed by atoms with Crippen molar-refractivity contribution in [2.75, 3.05) is 23.8 Å². The minimum atomic E-state index is -0.404. The van der Waals surface area contributed by atoms with Crippen molar-refractivity contribution < 1.29 is 9.31 Å². The number of nitrogens with zero attached hydrogens (tertiary/aromatic N) is 2. The maximum Gasteiger partial charge on any atom is 0.315 e. The van der Waals surface area contributed by atoms with Gasteiger partial charge in [0.1, 0.15) is 17.2 Å². The van der Waals surface area contributed by atoms with Crippen molar-refractivity contribution in [1.82, 2.24) is 0 Å². The molecule has 1 aliphatic rings. The number of anilines is 3. The second-order valence-corrected chi connectivity index (χ2v) is 4.86. The van der Waals surface area contributed by atoms with E-state index < -0.39 is 4.92 Å². The van der Waals surface area contributed by atoms with Gasteiger partial charge in [0.25, 0.3) is 0 Å². The standard InChI is InChI=1S/C15H14FN3O2/c1-17-12-3-2-4-13(15(12)19(20)21)18-8-7-10-5-6-11(16)9-14(10)18/h2-6,9,17H,7-8H2,1H3. The van der Waals surface area contributed by atoms with Crippen molar-refractivity contribution in [3.8, 4) is 0 Å². The molecule has 1 aliphatic heterocycles. The molecule has 0 radical (unpaired) electrons. The summed E-state index contributed by atoms with van der Waals surface area (Å²) in [7, 11) is 1.64. The van der Waals surface area contributed by atoms with Gasteiger partial charge >= 0.3 is 5.69 Å². The molecular weight excluding hydrogens is 273 g/mol. The summed E-state index contributed by atoms with van der Waals surface area (Å²) in [6.07, 6.45) is 0.747. The highest BCUT2D eigenvalue weighted by Crippen LogP contribution is 2.42. The van der Waals surface area contributed by atoms with Gasteiger partial charge in [-0.15, -0.1) is 0 Å². The molecule has 6 heteroatoms. The van der Waals surface area contributed by atoms with E-state index in [1.165, 1.54) is 12.1 Å². The first-order valence-electron chi connectivity index (χ1n) is 6.63.